The second kappa shape index (κ2) is 6.30. The maximum Gasteiger partial charge on any atom is 0.326 e. The van der Waals surface area contributed by atoms with E-state index in [2.05, 4.69) is 18.8 Å². The van der Waals surface area contributed by atoms with Gasteiger partial charge in [-0.3, -0.25) is 4.79 Å². The maximum atomic E-state index is 12.5. The number of aliphatic carboxylic acids is 1. The highest BCUT2D eigenvalue weighted by atomic mass is 16.4. The van der Waals surface area contributed by atoms with Gasteiger partial charge in [-0.1, -0.05) is 39.0 Å². The fourth-order valence-electron chi connectivity index (χ4n) is 3.79. The maximum absolute atomic E-state index is 12.5. The van der Waals surface area contributed by atoms with E-state index in [1.807, 2.05) is 24.3 Å². The molecule has 1 amide bonds. The molecule has 5 heteroatoms. The molecule has 1 aromatic carbocycles. The third-order valence-electron chi connectivity index (χ3n) is 4.82. The zero-order valence-electron chi connectivity index (χ0n) is 14.4. The van der Waals surface area contributed by atoms with Crippen molar-refractivity contribution in [3.05, 3.63) is 35.5 Å². The summed E-state index contributed by atoms with van der Waals surface area (Å²) < 4.78 is 0. The van der Waals surface area contributed by atoms with E-state index in [4.69, 9.17) is 0 Å². The molecule has 128 valence electrons. The minimum atomic E-state index is -0.929. The van der Waals surface area contributed by atoms with Gasteiger partial charge < -0.3 is 15.0 Å². The molecule has 2 aromatic rings. The lowest BCUT2D eigenvalue weighted by Gasteiger charge is -2.41. The van der Waals surface area contributed by atoms with Gasteiger partial charge >= 0.3 is 5.97 Å². The summed E-state index contributed by atoms with van der Waals surface area (Å²) in [5, 5.41) is 10.8. The first kappa shape index (κ1) is 16.6. The van der Waals surface area contributed by atoms with Gasteiger partial charge in [0.2, 0.25) is 5.91 Å². The van der Waals surface area contributed by atoms with Crippen LogP contribution in [0.4, 0.5) is 0 Å². The van der Waals surface area contributed by atoms with E-state index in [0.29, 0.717) is 18.8 Å². The molecule has 1 aliphatic heterocycles. The predicted octanol–water partition coefficient (Wildman–Crippen LogP) is 3.50. The summed E-state index contributed by atoms with van der Waals surface area (Å²) in [6.07, 6.45) is 1.41. The predicted molar refractivity (Wildman–Crippen MR) is 92.8 cm³/mol. The highest BCUT2D eigenvalue weighted by molar-refractivity contribution is 5.89. The van der Waals surface area contributed by atoms with E-state index >= 15 is 0 Å². The van der Waals surface area contributed by atoms with Gasteiger partial charge in [0.15, 0.2) is 0 Å². The number of nitrogens with one attached hydrogen (secondary N) is 1. The second-order valence-electron chi connectivity index (χ2n) is 6.92. The van der Waals surface area contributed by atoms with Crippen LogP contribution in [0.5, 0.6) is 0 Å². The summed E-state index contributed by atoms with van der Waals surface area (Å²) in [4.78, 5) is 29.5. The Morgan fingerprint density at radius 2 is 2.04 bits per heavy atom. The van der Waals surface area contributed by atoms with Crippen LogP contribution in [0.2, 0.25) is 0 Å². The van der Waals surface area contributed by atoms with Crippen LogP contribution >= 0.6 is 0 Å². The summed E-state index contributed by atoms with van der Waals surface area (Å²) in [6.45, 7) is 5.98. The van der Waals surface area contributed by atoms with Gasteiger partial charge in [-0.2, -0.15) is 0 Å². The SMILES string of the molecule is CCC(=O)N1C(C(=O)O)Cc2c([nH]c3ccccc23)C1CC(C)C. The van der Waals surface area contributed by atoms with E-state index < -0.39 is 12.0 Å². The Bertz CT molecular complexity index is 778. The van der Waals surface area contributed by atoms with Crippen LogP contribution < -0.4 is 0 Å². The standard InChI is InChI=1S/C19H24N2O3/c1-4-17(22)21-15(9-11(2)3)18-13(10-16(21)19(23)24)12-7-5-6-8-14(12)20-18/h5-8,11,15-16,20H,4,9-10H2,1-3H3,(H,23,24). The Morgan fingerprint density at radius 3 is 2.67 bits per heavy atom. The van der Waals surface area contributed by atoms with Crippen molar-refractivity contribution in [3.63, 3.8) is 0 Å². The van der Waals surface area contributed by atoms with Crippen LogP contribution in [0.3, 0.4) is 0 Å². The van der Waals surface area contributed by atoms with Crippen molar-refractivity contribution in [3.8, 4) is 0 Å². The first-order chi connectivity index (χ1) is 11.4. The van der Waals surface area contributed by atoms with Crippen molar-refractivity contribution in [2.24, 2.45) is 5.92 Å². The van der Waals surface area contributed by atoms with Gasteiger partial charge in [0.1, 0.15) is 6.04 Å². The number of para-hydroxylation sites is 1. The molecule has 2 atom stereocenters. The molecule has 0 aliphatic carbocycles. The van der Waals surface area contributed by atoms with Gasteiger partial charge in [-0.15, -0.1) is 0 Å². The zero-order valence-corrected chi connectivity index (χ0v) is 14.4. The number of hydrogen-bond donors (Lipinski definition) is 2. The molecule has 5 nitrogen and oxygen atoms in total. The van der Waals surface area contributed by atoms with Crippen molar-refractivity contribution in [2.75, 3.05) is 0 Å². The molecular weight excluding hydrogens is 304 g/mol. The van der Waals surface area contributed by atoms with E-state index in [0.717, 1.165) is 28.6 Å². The van der Waals surface area contributed by atoms with E-state index in [1.54, 1.807) is 11.8 Å². The lowest BCUT2D eigenvalue weighted by Crippen LogP contribution is -2.51. The van der Waals surface area contributed by atoms with Gasteiger partial charge in [0, 0.05) is 29.4 Å². The number of amides is 1. The van der Waals surface area contributed by atoms with Crippen molar-refractivity contribution < 1.29 is 14.7 Å². The smallest absolute Gasteiger partial charge is 0.326 e. The normalized spacial score (nSPS) is 20.4. The van der Waals surface area contributed by atoms with Gasteiger partial charge in [0.05, 0.1) is 6.04 Å². The Morgan fingerprint density at radius 1 is 1.33 bits per heavy atom. The van der Waals surface area contributed by atoms with Crippen LogP contribution in [0.15, 0.2) is 24.3 Å². The molecule has 24 heavy (non-hydrogen) atoms. The monoisotopic (exact) mass is 328 g/mol. The summed E-state index contributed by atoms with van der Waals surface area (Å²) in [5.41, 5.74) is 3.05. The molecule has 2 unspecified atom stereocenters. The van der Waals surface area contributed by atoms with E-state index in [-0.39, 0.29) is 11.9 Å². The minimum absolute atomic E-state index is 0.0997. The molecule has 0 fully saturated rings. The number of carbonyl (C=O) groups is 2. The van der Waals surface area contributed by atoms with Gasteiger partial charge in [-0.05, 0) is 24.0 Å². The van der Waals surface area contributed by atoms with Gasteiger partial charge in [-0.25, -0.2) is 4.79 Å². The number of aromatic nitrogens is 1. The fourth-order valence-corrected chi connectivity index (χ4v) is 3.79. The number of nitrogens with zero attached hydrogens (tertiary/aromatic N) is 1. The number of carbonyl (C=O) groups excluding carboxylic acids is 1. The van der Waals surface area contributed by atoms with Gasteiger partial charge in [0.25, 0.3) is 0 Å². The first-order valence-electron chi connectivity index (χ1n) is 8.57. The number of hydrogen-bond acceptors (Lipinski definition) is 2. The number of rotatable bonds is 4. The number of fused-ring (bicyclic) bond motifs is 3. The lowest BCUT2D eigenvalue weighted by atomic mass is 9.87. The Hall–Kier alpha value is -2.30. The average molecular weight is 328 g/mol. The largest absolute Gasteiger partial charge is 0.480 e. The molecule has 2 N–H and O–H groups in total. The number of aromatic amines is 1. The lowest BCUT2D eigenvalue weighted by molar-refractivity contribution is -0.153. The van der Waals surface area contributed by atoms with Crippen molar-refractivity contribution in [1.82, 2.24) is 9.88 Å². The van der Waals surface area contributed by atoms with E-state index in [9.17, 15) is 14.7 Å². The number of benzene rings is 1. The topological polar surface area (TPSA) is 73.4 Å². The molecule has 1 aromatic heterocycles. The van der Waals surface area contributed by atoms with Crippen LogP contribution in [0.25, 0.3) is 10.9 Å². The Balaban J connectivity index is 2.19. The van der Waals surface area contributed by atoms with Crippen molar-refractivity contribution in [2.45, 2.75) is 52.1 Å². The number of H-pyrrole nitrogens is 1. The molecule has 3 rings (SSSR count). The molecule has 0 bridgehead atoms. The van der Waals surface area contributed by atoms with E-state index in [1.165, 1.54) is 0 Å². The highest BCUT2D eigenvalue weighted by Gasteiger charge is 2.42. The summed E-state index contributed by atoms with van der Waals surface area (Å²) >= 11 is 0. The Kier molecular flexibility index (Phi) is 4.35. The number of carboxylic acid groups (broad SMARTS) is 1. The first-order valence-corrected chi connectivity index (χ1v) is 8.57. The molecular formula is C19H24N2O3. The third kappa shape index (κ3) is 2.68. The minimum Gasteiger partial charge on any atom is -0.480 e. The fraction of sp³-hybridized carbons (Fsp3) is 0.474. The molecule has 1 aliphatic rings. The molecule has 2 heterocycles. The Labute approximate surface area is 141 Å². The zero-order chi connectivity index (χ0) is 17.4. The highest BCUT2D eigenvalue weighted by Crippen LogP contribution is 2.40. The van der Waals surface area contributed by atoms with Crippen LogP contribution in [-0.2, 0) is 16.0 Å². The van der Waals surface area contributed by atoms with Crippen LogP contribution in [-0.4, -0.2) is 32.9 Å². The molecule has 0 saturated heterocycles. The summed E-state index contributed by atoms with van der Waals surface area (Å²) in [5.74, 6) is -0.673. The molecule has 0 spiro atoms. The van der Waals surface area contributed by atoms with Crippen LogP contribution in [0, 0.1) is 5.92 Å². The molecule has 0 saturated carbocycles. The third-order valence-corrected chi connectivity index (χ3v) is 4.82. The summed E-state index contributed by atoms with van der Waals surface area (Å²) in [7, 11) is 0. The van der Waals surface area contributed by atoms with Crippen LogP contribution in [0.1, 0.15) is 50.9 Å². The quantitative estimate of drug-likeness (QED) is 0.902. The second-order valence-corrected chi connectivity index (χ2v) is 6.92. The molecule has 0 radical (unpaired) electrons. The van der Waals surface area contributed by atoms with Crippen molar-refractivity contribution >= 4 is 22.8 Å². The number of carboxylic acids is 1. The summed E-state index contributed by atoms with van der Waals surface area (Å²) in [6, 6.07) is 6.94. The average Bonchev–Trinajstić information content (AvgIpc) is 2.92. The van der Waals surface area contributed by atoms with Crippen molar-refractivity contribution in [1.29, 1.82) is 0 Å².